The van der Waals surface area contributed by atoms with E-state index in [-0.39, 0.29) is 27.0 Å². The van der Waals surface area contributed by atoms with Gasteiger partial charge in [0.15, 0.2) is 5.13 Å². The first-order chi connectivity index (χ1) is 12.9. The number of rotatable bonds is 4. The molecule has 134 valence electrons. The molecule has 0 radical (unpaired) electrons. The van der Waals surface area contributed by atoms with E-state index in [1.807, 2.05) is 0 Å². The van der Waals surface area contributed by atoms with Crippen LogP contribution in [0.4, 0.5) is 10.8 Å². The maximum absolute atomic E-state index is 12.4. The molecule has 2 heterocycles. The maximum atomic E-state index is 12.4. The van der Waals surface area contributed by atoms with E-state index >= 15 is 0 Å². The van der Waals surface area contributed by atoms with Gasteiger partial charge in [0, 0.05) is 9.69 Å². The van der Waals surface area contributed by atoms with Gasteiger partial charge in [0.05, 0.1) is 22.2 Å². The third-order valence-electron chi connectivity index (χ3n) is 3.90. The van der Waals surface area contributed by atoms with Crippen LogP contribution in [0, 0.1) is 0 Å². The number of carbonyl (C=O) groups is 2. The number of halogens is 1. The van der Waals surface area contributed by atoms with Gasteiger partial charge in [0.2, 0.25) is 5.88 Å². The Morgan fingerprint density at radius 3 is 2.74 bits per heavy atom. The highest BCUT2D eigenvalue weighted by atomic mass is 79.9. The summed E-state index contributed by atoms with van der Waals surface area (Å²) in [4.78, 5) is 32.0. The van der Waals surface area contributed by atoms with Crippen molar-refractivity contribution in [3.8, 4) is 5.88 Å². The molecular weight excluding hydrogens is 434 g/mol. The predicted octanol–water partition coefficient (Wildman–Crippen LogP) is 2.41. The van der Waals surface area contributed by atoms with E-state index in [9.17, 15) is 19.8 Å². The molecule has 1 aromatic heterocycles. The van der Waals surface area contributed by atoms with E-state index in [0.717, 1.165) is 15.8 Å². The van der Waals surface area contributed by atoms with E-state index in [1.54, 1.807) is 36.4 Å². The van der Waals surface area contributed by atoms with Gasteiger partial charge in [0.1, 0.15) is 4.88 Å². The number of carbonyl (C=O) groups excluding carboxylic acids is 1. The fourth-order valence-corrected chi connectivity index (χ4v) is 4.01. The standard InChI is InChI=1S/C18H10BrN3O4S/c19-8-5-6-12-10(7-8)13(15(23)20-12)14-16(24)22-18(27-14)21-11-4-2-1-3-9(11)17(25)26/h1-7,24H,(H,21,22)(H,25,26). The third kappa shape index (κ3) is 3.11. The second kappa shape index (κ2) is 6.60. The Morgan fingerprint density at radius 1 is 1.19 bits per heavy atom. The van der Waals surface area contributed by atoms with Crippen LogP contribution in [-0.4, -0.2) is 27.1 Å². The van der Waals surface area contributed by atoms with Gasteiger partial charge < -0.3 is 15.5 Å². The summed E-state index contributed by atoms with van der Waals surface area (Å²) in [5.74, 6) is -1.86. The molecule has 0 spiro atoms. The van der Waals surface area contributed by atoms with Crippen LogP contribution in [0.25, 0.3) is 5.57 Å². The van der Waals surface area contributed by atoms with Crippen LogP contribution >= 0.6 is 27.3 Å². The van der Waals surface area contributed by atoms with Gasteiger partial charge in [-0.05, 0) is 30.3 Å². The molecule has 9 heteroatoms. The summed E-state index contributed by atoms with van der Waals surface area (Å²) in [5.41, 5.74) is 0.671. The number of hydrogen-bond donors (Lipinski definition) is 3. The number of fused-ring (bicyclic) bond motifs is 1. The Hall–Kier alpha value is -3.04. The highest BCUT2D eigenvalue weighted by molar-refractivity contribution is 9.10. The number of aromatic hydroxyl groups is 1. The highest BCUT2D eigenvalue weighted by Crippen LogP contribution is 2.35. The normalized spacial score (nSPS) is 12.6. The molecule has 1 amide bonds. The van der Waals surface area contributed by atoms with Crippen LogP contribution in [0.1, 0.15) is 15.2 Å². The van der Waals surface area contributed by atoms with Crippen molar-refractivity contribution >= 4 is 55.5 Å². The van der Waals surface area contributed by atoms with Crippen LogP contribution < -0.4 is 15.9 Å². The summed E-state index contributed by atoms with van der Waals surface area (Å²) in [7, 11) is 0. The number of carboxylic acid groups (broad SMARTS) is 1. The Kier molecular flexibility index (Phi) is 4.25. The van der Waals surface area contributed by atoms with Crippen LogP contribution in [0.3, 0.4) is 0 Å². The van der Waals surface area contributed by atoms with E-state index in [2.05, 4.69) is 31.2 Å². The molecule has 1 aliphatic heterocycles. The molecule has 0 aliphatic carbocycles. The topological polar surface area (TPSA) is 112 Å². The average molecular weight is 444 g/mol. The SMILES string of the molecule is O=C1N=c2ccc(Br)cc2=C1c1sc(Nc2ccccc2C(=O)O)nc1O. The molecule has 0 atom stereocenters. The number of aromatic carboxylic acids is 1. The molecule has 0 unspecified atom stereocenters. The molecular formula is C18H10BrN3O4S. The second-order valence-corrected chi connectivity index (χ2v) is 7.52. The maximum Gasteiger partial charge on any atom is 0.337 e. The summed E-state index contributed by atoms with van der Waals surface area (Å²) < 4.78 is 0.779. The second-order valence-electron chi connectivity index (χ2n) is 5.60. The van der Waals surface area contributed by atoms with Gasteiger partial charge in [-0.25, -0.2) is 9.79 Å². The first-order valence-corrected chi connectivity index (χ1v) is 9.27. The molecule has 2 aromatic carbocycles. The Labute approximate surface area is 164 Å². The Bertz CT molecular complexity index is 1240. The van der Waals surface area contributed by atoms with Crippen molar-refractivity contribution in [1.82, 2.24) is 4.98 Å². The van der Waals surface area contributed by atoms with Crippen molar-refractivity contribution in [2.75, 3.05) is 5.32 Å². The average Bonchev–Trinajstić information content (AvgIpc) is 3.13. The molecule has 0 saturated carbocycles. The van der Waals surface area contributed by atoms with Crippen molar-refractivity contribution in [2.45, 2.75) is 0 Å². The number of aromatic nitrogens is 1. The minimum atomic E-state index is -1.09. The Morgan fingerprint density at radius 2 is 1.96 bits per heavy atom. The molecule has 27 heavy (non-hydrogen) atoms. The zero-order valence-electron chi connectivity index (χ0n) is 13.4. The largest absolute Gasteiger partial charge is 0.492 e. The summed E-state index contributed by atoms with van der Waals surface area (Å²) in [5, 5.41) is 23.8. The molecule has 4 rings (SSSR count). The van der Waals surface area contributed by atoms with Crippen LogP contribution in [0.5, 0.6) is 5.88 Å². The monoisotopic (exact) mass is 443 g/mol. The third-order valence-corrected chi connectivity index (χ3v) is 5.37. The fraction of sp³-hybridized carbons (Fsp3) is 0. The summed E-state index contributed by atoms with van der Waals surface area (Å²) in [6.07, 6.45) is 0. The van der Waals surface area contributed by atoms with Crippen molar-refractivity contribution in [3.63, 3.8) is 0 Å². The van der Waals surface area contributed by atoms with Crippen LogP contribution in [0.2, 0.25) is 0 Å². The number of carboxylic acids is 1. The van der Waals surface area contributed by atoms with Gasteiger partial charge in [-0.3, -0.25) is 4.79 Å². The van der Waals surface area contributed by atoms with E-state index in [0.29, 0.717) is 16.3 Å². The molecule has 1 aliphatic rings. The first-order valence-electron chi connectivity index (χ1n) is 7.66. The van der Waals surface area contributed by atoms with Crippen molar-refractivity contribution in [2.24, 2.45) is 4.99 Å². The lowest BCUT2D eigenvalue weighted by molar-refractivity contribution is -0.112. The number of para-hydroxylation sites is 1. The summed E-state index contributed by atoms with van der Waals surface area (Å²) in [6, 6.07) is 11.6. The molecule has 0 saturated heterocycles. The molecule has 3 aromatic rings. The number of anilines is 2. The van der Waals surface area contributed by atoms with Crippen molar-refractivity contribution in [1.29, 1.82) is 0 Å². The minimum absolute atomic E-state index is 0.0719. The number of benzene rings is 2. The fourth-order valence-electron chi connectivity index (χ4n) is 2.73. The van der Waals surface area contributed by atoms with Crippen molar-refractivity contribution < 1.29 is 19.8 Å². The molecule has 7 nitrogen and oxygen atoms in total. The van der Waals surface area contributed by atoms with E-state index < -0.39 is 11.9 Å². The zero-order valence-corrected chi connectivity index (χ0v) is 15.8. The zero-order chi connectivity index (χ0) is 19.1. The van der Waals surface area contributed by atoms with Crippen molar-refractivity contribution in [3.05, 3.63) is 68.0 Å². The molecule has 0 bridgehead atoms. The highest BCUT2D eigenvalue weighted by Gasteiger charge is 2.25. The lowest BCUT2D eigenvalue weighted by Gasteiger charge is -2.05. The van der Waals surface area contributed by atoms with Gasteiger partial charge in [-0.1, -0.05) is 39.4 Å². The van der Waals surface area contributed by atoms with E-state index in [1.165, 1.54) is 6.07 Å². The van der Waals surface area contributed by atoms with Gasteiger partial charge in [0.25, 0.3) is 5.91 Å². The number of amides is 1. The number of thiazole rings is 1. The lowest BCUT2D eigenvalue weighted by atomic mass is 10.1. The Balaban J connectivity index is 1.80. The van der Waals surface area contributed by atoms with Gasteiger partial charge >= 0.3 is 5.97 Å². The number of hydrogen-bond acceptors (Lipinski definition) is 6. The summed E-state index contributed by atoms with van der Waals surface area (Å²) >= 11 is 4.41. The predicted molar refractivity (Wildman–Crippen MR) is 103 cm³/mol. The minimum Gasteiger partial charge on any atom is -0.492 e. The van der Waals surface area contributed by atoms with Gasteiger partial charge in [-0.2, -0.15) is 4.98 Å². The van der Waals surface area contributed by atoms with Crippen LogP contribution in [0.15, 0.2) is 51.9 Å². The summed E-state index contributed by atoms with van der Waals surface area (Å²) in [6.45, 7) is 0. The molecule has 0 fully saturated rings. The lowest BCUT2D eigenvalue weighted by Crippen LogP contribution is -2.22. The quantitative estimate of drug-likeness (QED) is 0.570. The number of nitrogens with one attached hydrogen (secondary N) is 1. The molecule has 3 N–H and O–H groups in total. The smallest absolute Gasteiger partial charge is 0.337 e. The number of nitrogens with zero attached hydrogens (tertiary/aromatic N) is 2. The van der Waals surface area contributed by atoms with E-state index in [4.69, 9.17) is 0 Å². The van der Waals surface area contributed by atoms with Crippen LogP contribution in [-0.2, 0) is 4.79 Å². The first kappa shape index (κ1) is 17.4. The van der Waals surface area contributed by atoms with Gasteiger partial charge in [-0.15, -0.1) is 0 Å².